The smallest absolute Gasteiger partial charge is 0.387 e. The van der Waals surface area contributed by atoms with Crippen molar-refractivity contribution in [1.82, 2.24) is 5.32 Å². The lowest BCUT2D eigenvalue weighted by Crippen LogP contribution is -2.24. The molecule has 1 atom stereocenters. The molecular formula is C17H18F3NO3. The van der Waals surface area contributed by atoms with Crippen LogP contribution in [0.5, 0.6) is 11.5 Å². The topological polar surface area (TPSA) is 50.7 Å². The number of benzene rings is 2. The lowest BCUT2D eigenvalue weighted by molar-refractivity contribution is -0.0522. The van der Waals surface area contributed by atoms with Crippen molar-refractivity contribution >= 4 is 0 Å². The normalized spacial score (nSPS) is 12.2. The molecule has 7 heteroatoms. The molecule has 130 valence electrons. The Morgan fingerprint density at radius 1 is 1.17 bits per heavy atom. The molecule has 0 amide bonds. The minimum atomic E-state index is -3.07. The van der Waals surface area contributed by atoms with E-state index in [2.05, 4.69) is 10.1 Å². The van der Waals surface area contributed by atoms with E-state index in [0.29, 0.717) is 11.3 Å². The van der Waals surface area contributed by atoms with Crippen molar-refractivity contribution in [1.29, 1.82) is 0 Å². The van der Waals surface area contributed by atoms with E-state index in [1.165, 1.54) is 6.07 Å². The van der Waals surface area contributed by atoms with Crippen molar-refractivity contribution in [3.05, 3.63) is 59.4 Å². The SMILES string of the molecule is COc1cccc(C(CO)NCc2ccc(OC(F)F)c(F)c2)c1. The van der Waals surface area contributed by atoms with Gasteiger partial charge in [0.2, 0.25) is 0 Å². The first-order valence-electron chi connectivity index (χ1n) is 7.25. The molecule has 2 rings (SSSR count). The van der Waals surface area contributed by atoms with Gasteiger partial charge in [0, 0.05) is 6.54 Å². The van der Waals surface area contributed by atoms with Crippen LogP contribution in [0.2, 0.25) is 0 Å². The summed E-state index contributed by atoms with van der Waals surface area (Å²) in [7, 11) is 1.55. The third kappa shape index (κ3) is 4.87. The van der Waals surface area contributed by atoms with Crippen LogP contribution in [0.15, 0.2) is 42.5 Å². The highest BCUT2D eigenvalue weighted by atomic mass is 19.3. The van der Waals surface area contributed by atoms with Gasteiger partial charge < -0.3 is 19.9 Å². The van der Waals surface area contributed by atoms with Gasteiger partial charge in [-0.05, 0) is 35.4 Å². The Balaban J connectivity index is 2.03. The zero-order chi connectivity index (χ0) is 17.5. The summed E-state index contributed by atoms with van der Waals surface area (Å²) < 4.78 is 47.1. The molecule has 2 aromatic rings. The number of nitrogens with one attached hydrogen (secondary N) is 1. The molecule has 0 spiro atoms. The van der Waals surface area contributed by atoms with Gasteiger partial charge >= 0.3 is 6.61 Å². The summed E-state index contributed by atoms with van der Waals surface area (Å²) in [4.78, 5) is 0. The number of alkyl halides is 2. The molecule has 0 saturated heterocycles. The van der Waals surface area contributed by atoms with E-state index in [0.717, 1.165) is 17.7 Å². The Kier molecular flexibility index (Phi) is 6.45. The summed E-state index contributed by atoms with van der Waals surface area (Å²) in [6.45, 7) is -2.99. The van der Waals surface area contributed by atoms with Gasteiger partial charge in [-0.2, -0.15) is 8.78 Å². The van der Waals surface area contributed by atoms with Gasteiger partial charge in [-0.1, -0.05) is 18.2 Å². The molecule has 0 heterocycles. The van der Waals surface area contributed by atoms with Crippen molar-refractivity contribution in [2.45, 2.75) is 19.2 Å². The van der Waals surface area contributed by atoms with Gasteiger partial charge in [0.1, 0.15) is 5.75 Å². The first-order chi connectivity index (χ1) is 11.5. The van der Waals surface area contributed by atoms with Crippen LogP contribution in [0.3, 0.4) is 0 Å². The van der Waals surface area contributed by atoms with Gasteiger partial charge in [0.25, 0.3) is 0 Å². The number of ether oxygens (including phenoxy) is 2. The van der Waals surface area contributed by atoms with Crippen molar-refractivity contribution in [3.63, 3.8) is 0 Å². The molecule has 24 heavy (non-hydrogen) atoms. The van der Waals surface area contributed by atoms with Gasteiger partial charge in [-0.25, -0.2) is 4.39 Å². The zero-order valence-corrected chi connectivity index (χ0v) is 13.0. The minimum absolute atomic E-state index is 0.164. The summed E-state index contributed by atoms with van der Waals surface area (Å²) >= 11 is 0. The second-order valence-corrected chi connectivity index (χ2v) is 5.04. The Bertz CT molecular complexity index is 667. The highest BCUT2D eigenvalue weighted by Gasteiger charge is 2.13. The first kappa shape index (κ1) is 18.1. The summed E-state index contributed by atoms with van der Waals surface area (Å²) in [5.74, 6) is -0.705. The van der Waals surface area contributed by atoms with E-state index in [9.17, 15) is 18.3 Å². The van der Waals surface area contributed by atoms with E-state index in [-0.39, 0.29) is 19.2 Å². The maximum atomic E-state index is 13.7. The second kappa shape index (κ2) is 8.56. The van der Waals surface area contributed by atoms with Crippen LogP contribution in [-0.4, -0.2) is 25.4 Å². The summed E-state index contributed by atoms with van der Waals surface area (Å²) in [5.41, 5.74) is 1.35. The maximum Gasteiger partial charge on any atom is 0.387 e. The largest absolute Gasteiger partial charge is 0.497 e. The second-order valence-electron chi connectivity index (χ2n) is 5.04. The molecular weight excluding hydrogens is 323 g/mol. The fourth-order valence-corrected chi connectivity index (χ4v) is 2.23. The molecule has 0 bridgehead atoms. The summed E-state index contributed by atoms with van der Waals surface area (Å²) in [5, 5.41) is 12.6. The van der Waals surface area contributed by atoms with E-state index in [1.807, 2.05) is 6.07 Å². The molecule has 0 fully saturated rings. The zero-order valence-electron chi connectivity index (χ0n) is 13.0. The average molecular weight is 341 g/mol. The van der Waals surface area contributed by atoms with Crippen LogP contribution in [0, 0.1) is 5.82 Å². The highest BCUT2D eigenvalue weighted by molar-refractivity contribution is 5.32. The van der Waals surface area contributed by atoms with Crippen LogP contribution in [0.25, 0.3) is 0 Å². The van der Waals surface area contributed by atoms with Gasteiger partial charge in [-0.15, -0.1) is 0 Å². The number of methoxy groups -OCH3 is 1. The van der Waals surface area contributed by atoms with Crippen molar-refractivity contribution in [2.75, 3.05) is 13.7 Å². The fraction of sp³-hybridized carbons (Fsp3) is 0.294. The maximum absolute atomic E-state index is 13.7. The Morgan fingerprint density at radius 3 is 2.58 bits per heavy atom. The molecule has 0 saturated carbocycles. The van der Waals surface area contributed by atoms with Crippen LogP contribution < -0.4 is 14.8 Å². The van der Waals surface area contributed by atoms with E-state index >= 15 is 0 Å². The average Bonchev–Trinajstić information content (AvgIpc) is 2.57. The number of aliphatic hydroxyl groups is 1. The molecule has 4 nitrogen and oxygen atoms in total. The Hall–Kier alpha value is -2.25. The minimum Gasteiger partial charge on any atom is -0.497 e. The molecule has 1 unspecified atom stereocenters. The number of aliphatic hydroxyl groups excluding tert-OH is 1. The number of hydrogen-bond donors (Lipinski definition) is 2. The van der Waals surface area contributed by atoms with Crippen LogP contribution in [0.1, 0.15) is 17.2 Å². The summed E-state index contributed by atoms with van der Waals surface area (Å²) in [6, 6.07) is 10.6. The van der Waals surface area contributed by atoms with Crippen LogP contribution in [-0.2, 0) is 6.54 Å². The van der Waals surface area contributed by atoms with Gasteiger partial charge in [0.05, 0.1) is 19.8 Å². The standard InChI is InChI=1S/C17H18F3NO3/c1-23-13-4-2-3-12(8-13)15(10-22)21-9-11-5-6-16(14(18)7-11)24-17(19)20/h2-8,15,17,21-22H,9-10H2,1H3. The molecule has 0 radical (unpaired) electrons. The fourth-order valence-electron chi connectivity index (χ4n) is 2.23. The quantitative estimate of drug-likeness (QED) is 0.774. The van der Waals surface area contributed by atoms with Gasteiger partial charge in [0.15, 0.2) is 11.6 Å². The molecule has 0 aliphatic heterocycles. The number of halogens is 3. The van der Waals surface area contributed by atoms with Crippen LogP contribution in [0.4, 0.5) is 13.2 Å². The monoisotopic (exact) mass is 341 g/mol. The third-order valence-corrected chi connectivity index (χ3v) is 3.44. The van der Waals surface area contributed by atoms with Crippen molar-refractivity contribution < 1.29 is 27.8 Å². The number of rotatable bonds is 8. The molecule has 0 aliphatic carbocycles. The van der Waals surface area contributed by atoms with Crippen molar-refractivity contribution in [2.24, 2.45) is 0 Å². The molecule has 2 N–H and O–H groups in total. The van der Waals surface area contributed by atoms with Crippen molar-refractivity contribution in [3.8, 4) is 11.5 Å². The molecule has 0 aromatic heterocycles. The third-order valence-electron chi connectivity index (χ3n) is 3.44. The Labute approximate surface area is 137 Å². The van der Waals surface area contributed by atoms with Gasteiger partial charge in [-0.3, -0.25) is 0 Å². The lowest BCUT2D eigenvalue weighted by Gasteiger charge is -2.18. The summed E-state index contributed by atoms with van der Waals surface area (Å²) in [6.07, 6.45) is 0. The first-order valence-corrected chi connectivity index (χ1v) is 7.25. The highest BCUT2D eigenvalue weighted by Crippen LogP contribution is 2.22. The number of hydrogen-bond acceptors (Lipinski definition) is 4. The predicted octanol–water partition coefficient (Wildman–Crippen LogP) is 3.26. The van der Waals surface area contributed by atoms with E-state index in [4.69, 9.17) is 4.74 Å². The predicted molar refractivity (Wildman–Crippen MR) is 82.7 cm³/mol. The molecule has 0 aliphatic rings. The van der Waals surface area contributed by atoms with Crippen LogP contribution >= 0.6 is 0 Å². The molecule has 2 aromatic carbocycles. The van der Waals surface area contributed by atoms with E-state index < -0.39 is 18.2 Å². The lowest BCUT2D eigenvalue weighted by atomic mass is 10.1. The van der Waals surface area contributed by atoms with E-state index in [1.54, 1.807) is 25.3 Å². The Morgan fingerprint density at radius 2 is 1.96 bits per heavy atom.